The minimum atomic E-state index is -0.0379. The Kier molecular flexibility index (Phi) is 5.39. The van der Waals surface area contributed by atoms with Crippen LogP contribution in [0.5, 0.6) is 0 Å². The number of anilines is 2. The van der Waals surface area contributed by atoms with Crippen LogP contribution in [0.4, 0.5) is 11.5 Å². The van der Waals surface area contributed by atoms with Gasteiger partial charge in [0.15, 0.2) is 5.43 Å². The van der Waals surface area contributed by atoms with Crippen LogP contribution in [-0.2, 0) is 19.6 Å². The van der Waals surface area contributed by atoms with Crippen molar-refractivity contribution < 1.29 is 0 Å². The second-order valence-corrected chi connectivity index (χ2v) is 9.07. The molecule has 0 unspecified atom stereocenters. The molecule has 0 spiro atoms. The summed E-state index contributed by atoms with van der Waals surface area (Å²) in [5.41, 5.74) is 7.27. The molecule has 0 radical (unpaired) electrons. The zero-order valence-electron chi connectivity index (χ0n) is 19.6. The van der Waals surface area contributed by atoms with Gasteiger partial charge in [-0.3, -0.25) is 14.3 Å². The molecule has 5 aromatic rings. The quantitative estimate of drug-likeness (QED) is 0.353. The summed E-state index contributed by atoms with van der Waals surface area (Å²) in [6.07, 6.45) is 0. The highest BCUT2D eigenvalue weighted by Crippen LogP contribution is 2.28. The van der Waals surface area contributed by atoms with Crippen LogP contribution < -0.4 is 10.7 Å². The number of rotatable bonds is 5. The molecule has 3 heterocycles. The maximum absolute atomic E-state index is 13.3. The molecule has 1 aliphatic rings. The van der Waals surface area contributed by atoms with Gasteiger partial charge in [-0.15, -0.1) is 0 Å². The summed E-state index contributed by atoms with van der Waals surface area (Å²) in [4.78, 5) is 20.8. The molecule has 0 atom stereocenters. The topological polar surface area (TPSA) is 50.2 Å². The van der Waals surface area contributed by atoms with Gasteiger partial charge in [0.05, 0.1) is 5.39 Å². The Balaban J connectivity index is 1.45. The minimum Gasteiger partial charge on any atom is -0.341 e. The van der Waals surface area contributed by atoms with E-state index in [-0.39, 0.29) is 5.43 Å². The van der Waals surface area contributed by atoms with Crippen LogP contribution in [0.3, 0.4) is 0 Å². The Morgan fingerprint density at radius 3 is 2.14 bits per heavy atom. The molecule has 1 N–H and O–H groups in total. The van der Waals surface area contributed by atoms with E-state index >= 15 is 0 Å². The second-order valence-electron chi connectivity index (χ2n) is 9.07. The normalized spacial score (nSPS) is 13.2. The maximum Gasteiger partial charge on any atom is 0.193 e. The number of aryl methyl sites for hydroxylation is 1. The van der Waals surface area contributed by atoms with Crippen molar-refractivity contribution >= 4 is 22.5 Å². The smallest absolute Gasteiger partial charge is 0.193 e. The molecule has 0 aliphatic carbocycles. The zero-order valence-corrected chi connectivity index (χ0v) is 19.6. The molecule has 6 rings (SSSR count). The van der Waals surface area contributed by atoms with Crippen molar-refractivity contribution in [3.8, 4) is 5.69 Å². The lowest BCUT2D eigenvalue weighted by molar-refractivity contribution is 0.274. The van der Waals surface area contributed by atoms with Crippen LogP contribution in [0.1, 0.15) is 22.4 Å². The molecular formula is C30H26N4O. The van der Waals surface area contributed by atoms with E-state index in [0.717, 1.165) is 42.3 Å². The van der Waals surface area contributed by atoms with E-state index in [9.17, 15) is 4.79 Å². The first-order valence-electron chi connectivity index (χ1n) is 11.9. The van der Waals surface area contributed by atoms with E-state index < -0.39 is 0 Å². The number of aromatic nitrogens is 2. The third kappa shape index (κ3) is 4.11. The fraction of sp³-hybridized carbons (Fsp3) is 0.133. The molecular weight excluding hydrogens is 432 g/mol. The first-order chi connectivity index (χ1) is 17.2. The van der Waals surface area contributed by atoms with Crippen molar-refractivity contribution in [3.05, 3.63) is 130 Å². The number of hydrogen-bond acceptors (Lipinski definition) is 4. The van der Waals surface area contributed by atoms with E-state index in [1.165, 1.54) is 11.1 Å². The van der Waals surface area contributed by atoms with Gasteiger partial charge in [-0.1, -0.05) is 60.7 Å². The predicted octanol–water partition coefficient (Wildman–Crippen LogP) is 5.95. The Hall–Kier alpha value is -4.22. The standard InChI is InChI=1S/C30H26N4O/c1-21-24(20-33-18-22-10-8-9-11-23(22)19-33)16-27-28(35)17-29(32-25-12-4-2-5-13-25)34(30(27)31-21)26-14-6-3-7-15-26/h2-17,32H,18-20H2,1H3. The molecule has 172 valence electrons. The molecule has 0 saturated heterocycles. The number of hydrogen-bond donors (Lipinski definition) is 1. The first-order valence-corrected chi connectivity index (χ1v) is 11.9. The van der Waals surface area contributed by atoms with E-state index in [0.29, 0.717) is 16.9 Å². The van der Waals surface area contributed by atoms with Gasteiger partial charge in [-0.2, -0.15) is 0 Å². The largest absolute Gasteiger partial charge is 0.341 e. The number of nitrogens with one attached hydrogen (secondary N) is 1. The predicted molar refractivity (Wildman–Crippen MR) is 141 cm³/mol. The number of para-hydroxylation sites is 2. The van der Waals surface area contributed by atoms with Crippen LogP contribution in [0.2, 0.25) is 0 Å². The van der Waals surface area contributed by atoms with Gasteiger partial charge in [0.2, 0.25) is 0 Å². The molecule has 35 heavy (non-hydrogen) atoms. The van der Waals surface area contributed by atoms with Gasteiger partial charge in [0.1, 0.15) is 11.5 Å². The lowest BCUT2D eigenvalue weighted by Crippen LogP contribution is -2.19. The Labute approximate surface area is 204 Å². The monoisotopic (exact) mass is 458 g/mol. The highest BCUT2D eigenvalue weighted by molar-refractivity contribution is 5.81. The van der Waals surface area contributed by atoms with Gasteiger partial charge in [-0.05, 0) is 53.9 Å². The lowest BCUT2D eigenvalue weighted by Gasteiger charge is -2.20. The molecule has 2 aromatic heterocycles. The van der Waals surface area contributed by atoms with E-state index in [2.05, 4.69) is 34.5 Å². The third-order valence-electron chi connectivity index (χ3n) is 6.64. The number of pyridine rings is 2. The number of fused-ring (bicyclic) bond motifs is 2. The zero-order chi connectivity index (χ0) is 23.8. The van der Waals surface area contributed by atoms with E-state index in [4.69, 9.17) is 4.98 Å². The van der Waals surface area contributed by atoms with Crippen molar-refractivity contribution in [2.75, 3.05) is 5.32 Å². The van der Waals surface area contributed by atoms with E-state index in [1.54, 1.807) is 6.07 Å². The first kappa shape index (κ1) is 21.3. The van der Waals surface area contributed by atoms with Crippen LogP contribution in [0.25, 0.3) is 16.7 Å². The molecule has 5 heteroatoms. The highest BCUT2D eigenvalue weighted by atomic mass is 16.1. The Morgan fingerprint density at radius 2 is 1.46 bits per heavy atom. The van der Waals surface area contributed by atoms with Crippen LogP contribution >= 0.6 is 0 Å². The molecule has 0 saturated carbocycles. The molecule has 1 aliphatic heterocycles. The summed E-state index contributed by atoms with van der Waals surface area (Å²) in [7, 11) is 0. The van der Waals surface area contributed by atoms with Gasteiger partial charge < -0.3 is 5.32 Å². The molecule has 0 bridgehead atoms. The average molecular weight is 459 g/mol. The molecule has 0 amide bonds. The fourth-order valence-electron chi connectivity index (χ4n) is 4.88. The Bertz CT molecular complexity index is 1550. The van der Waals surface area contributed by atoms with Crippen molar-refractivity contribution in [2.45, 2.75) is 26.6 Å². The van der Waals surface area contributed by atoms with Crippen molar-refractivity contribution in [3.63, 3.8) is 0 Å². The van der Waals surface area contributed by atoms with Crippen LogP contribution in [-0.4, -0.2) is 14.5 Å². The summed E-state index contributed by atoms with van der Waals surface area (Å²) in [5.74, 6) is 0.689. The van der Waals surface area contributed by atoms with E-state index in [1.807, 2.05) is 78.2 Å². The molecule has 5 nitrogen and oxygen atoms in total. The lowest BCUT2D eigenvalue weighted by atomic mass is 10.1. The van der Waals surface area contributed by atoms with Crippen molar-refractivity contribution in [1.82, 2.24) is 14.5 Å². The summed E-state index contributed by atoms with van der Waals surface area (Å²) in [5, 5.41) is 4.05. The average Bonchev–Trinajstić information content (AvgIpc) is 3.29. The van der Waals surface area contributed by atoms with Gasteiger partial charge in [0.25, 0.3) is 0 Å². The SMILES string of the molecule is Cc1nc2c(cc1CN1Cc3ccccc3C1)c(=O)cc(Nc1ccccc1)n2-c1ccccc1. The minimum absolute atomic E-state index is 0.0379. The second kappa shape index (κ2) is 8.85. The molecule has 0 fully saturated rings. The Morgan fingerprint density at radius 1 is 0.829 bits per heavy atom. The van der Waals surface area contributed by atoms with Crippen LogP contribution in [0.15, 0.2) is 102 Å². The maximum atomic E-state index is 13.3. The van der Waals surface area contributed by atoms with Gasteiger partial charge in [0, 0.05) is 42.8 Å². The third-order valence-corrected chi connectivity index (χ3v) is 6.64. The number of nitrogens with zero attached hydrogens (tertiary/aromatic N) is 3. The fourth-order valence-corrected chi connectivity index (χ4v) is 4.88. The van der Waals surface area contributed by atoms with Gasteiger partial charge in [-0.25, -0.2) is 4.98 Å². The number of benzene rings is 3. The summed E-state index contributed by atoms with van der Waals surface area (Å²) < 4.78 is 2.03. The highest BCUT2D eigenvalue weighted by Gasteiger charge is 2.21. The summed E-state index contributed by atoms with van der Waals surface area (Å²) >= 11 is 0. The van der Waals surface area contributed by atoms with Gasteiger partial charge >= 0.3 is 0 Å². The van der Waals surface area contributed by atoms with Crippen molar-refractivity contribution in [1.29, 1.82) is 0 Å². The summed E-state index contributed by atoms with van der Waals surface area (Å²) in [6.45, 7) is 4.64. The summed E-state index contributed by atoms with van der Waals surface area (Å²) in [6, 6.07) is 32.2. The van der Waals surface area contributed by atoms with Crippen molar-refractivity contribution in [2.24, 2.45) is 0 Å². The van der Waals surface area contributed by atoms with Crippen LogP contribution in [0, 0.1) is 6.92 Å². The molecule has 3 aromatic carbocycles.